The first-order valence-corrected chi connectivity index (χ1v) is 8.51. The molecule has 1 fully saturated rings. The molecule has 3 heteroatoms. The topological polar surface area (TPSA) is 46.2 Å². The summed E-state index contributed by atoms with van der Waals surface area (Å²) in [5.74, 6) is 0.613. The van der Waals surface area contributed by atoms with E-state index in [4.69, 9.17) is 0 Å². The molecule has 0 aromatic heterocycles. The molecule has 0 bridgehead atoms. The summed E-state index contributed by atoms with van der Waals surface area (Å²) in [7, 11) is 0. The Kier molecular flexibility index (Phi) is 6.17. The van der Waals surface area contributed by atoms with Crippen LogP contribution in [-0.4, -0.2) is 17.7 Å². The molecular weight excluding hydrogens is 274 g/mol. The normalized spacial score (nSPS) is 21.4. The Morgan fingerprint density at radius 2 is 1.77 bits per heavy atom. The third-order valence-corrected chi connectivity index (χ3v) is 4.72. The van der Waals surface area contributed by atoms with Crippen LogP contribution in [0.1, 0.15) is 68.3 Å². The van der Waals surface area contributed by atoms with Gasteiger partial charge in [-0.05, 0) is 30.7 Å². The molecule has 0 saturated heterocycles. The lowest BCUT2D eigenvalue weighted by atomic mass is 9.86. The van der Waals surface area contributed by atoms with Crippen molar-refractivity contribution in [2.24, 2.45) is 5.92 Å². The van der Waals surface area contributed by atoms with E-state index in [9.17, 15) is 9.59 Å². The van der Waals surface area contributed by atoms with Crippen molar-refractivity contribution in [2.45, 2.75) is 64.8 Å². The van der Waals surface area contributed by atoms with Crippen LogP contribution in [0, 0.1) is 5.92 Å². The molecule has 1 aromatic rings. The fraction of sp³-hybridized carbons (Fsp3) is 0.579. The van der Waals surface area contributed by atoms with Gasteiger partial charge in [-0.2, -0.15) is 0 Å². The summed E-state index contributed by atoms with van der Waals surface area (Å²) in [5.41, 5.74) is 1.93. The van der Waals surface area contributed by atoms with Crippen LogP contribution in [0.4, 0.5) is 0 Å². The molecule has 1 aliphatic rings. The molecule has 0 spiro atoms. The number of hydrogen-bond acceptors (Lipinski definition) is 2. The predicted molar refractivity (Wildman–Crippen MR) is 88.9 cm³/mol. The minimum atomic E-state index is 0.0114. The van der Waals surface area contributed by atoms with Gasteiger partial charge in [-0.1, -0.05) is 51.0 Å². The Balaban J connectivity index is 1.78. The van der Waals surface area contributed by atoms with Crippen LogP contribution in [0.15, 0.2) is 24.3 Å². The van der Waals surface area contributed by atoms with Crippen LogP contribution in [0.25, 0.3) is 0 Å². The van der Waals surface area contributed by atoms with Crippen molar-refractivity contribution in [3.8, 4) is 0 Å². The molecule has 22 heavy (non-hydrogen) atoms. The molecule has 1 aromatic carbocycles. The fourth-order valence-electron chi connectivity index (χ4n) is 3.11. The van der Waals surface area contributed by atoms with Crippen molar-refractivity contribution in [1.82, 2.24) is 5.32 Å². The van der Waals surface area contributed by atoms with Gasteiger partial charge in [0.15, 0.2) is 5.78 Å². The molecule has 1 saturated carbocycles. The third kappa shape index (κ3) is 4.69. The number of nitrogens with one attached hydrogen (secondary N) is 1. The smallest absolute Gasteiger partial charge is 0.220 e. The molecule has 0 radical (unpaired) electrons. The Bertz CT molecular complexity index is 507. The molecule has 3 nitrogen and oxygen atoms in total. The second kappa shape index (κ2) is 8.11. The summed E-state index contributed by atoms with van der Waals surface area (Å²) in [4.78, 5) is 24.2. The van der Waals surface area contributed by atoms with E-state index in [1.165, 1.54) is 24.8 Å². The SMILES string of the molecule is CCc1ccc(C(=O)CCC(=O)NC2CCCCC2C)cc1. The molecular formula is C19H27NO2. The van der Waals surface area contributed by atoms with E-state index in [0.29, 0.717) is 23.9 Å². The van der Waals surface area contributed by atoms with Gasteiger partial charge >= 0.3 is 0 Å². The van der Waals surface area contributed by atoms with Gasteiger partial charge in [0.2, 0.25) is 5.91 Å². The van der Waals surface area contributed by atoms with Gasteiger partial charge in [-0.15, -0.1) is 0 Å². The lowest BCUT2D eigenvalue weighted by molar-refractivity contribution is -0.122. The Morgan fingerprint density at radius 3 is 2.41 bits per heavy atom. The van der Waals surface area contributed by atoms with Crippen LogP contribution >= 0.6 is 0 Å². The van der Waals surface area contributed by atoms with E-state index in [-0.39, 0.29) is 18.1 Å². The van der Waals surface area contributed by atoms with Gasteiger partial charge in [0, 0.05) is 24.4 Å². The Morgan fingerprint density at radius 1 is 1.09 bits per heavy atom. The van der Waals surface area contributed by atoms with Gasteiger partial charge in [0.05, 0.1) is 0 Å². The predicted octanol–water partition coefficient (Wildman–Crippen LogP) is 3.91. The number of aryl methyl sites for hydroxylation is 1. The van der Waals surface area contributed by atoms with E-state index in [2.05, 4.69) is 19.2 Å². The minimum absolute atomic E-state index is 0.0114. The molecule has 1 amide bonds. The van der Waals surface area contributed by atoms with Crippen molar-refractivity contribution >= 4 is 11.7 Å². The average Bonchev–Trinajstić information content (AvgIpc) is 2.55. The number of rotatable bonds is 6. The van der Waals surface area contributed by atoms with Crippen molar-refractivity contribution in [1.29, 1.82) is 0 Å². The molecule has 0 heterocycles. The summed E-state index contributed by atoms with van der Waals surface area (Å²) in [5, 5.41) is 3.10. The third-order valence-electron chi connectivity index (χ3n) is 4.72. The van der Waals surface area contributed by atoms with Crippen molar-refractivity contribution in [3.63, 3.8) is 0 Å². The van der Waals surface area contributed by atoms with Gasteiger partial charge in [-0.25, -0.2) is 0 Å². The van der Waals surface area contributed by atoms with Crippen LogP contribution in [0.3, 0.4) is 0 Å². The largest absolute Gasteiger partial charge is 0.353 e. The van der Waals surface area contributed by atoms with Gasteiger partial charge in [0.25, 0.3) is 0 Å². The first-order chi connectivity index (χ1) is 10.6. The maximum Gasteiger partial charge on any atom is 0.220 e. The number of carbonyl (C=O) groups is 2. The van der Waals surface area contributed by atoms with Crippen molar-refractivity contribution in [3.05, 3.63) is 35.4 Å². The summed E-state index contributed by atoms with van der Waals surface area (Å²) in [6.07, 6.45) is 6.26. The summed E-state index contributed by atoms with van der Waals surface area (Å²) >= 11 is 0. The Labute approximate surface area is 133 Å². The average molecular weight is 301 g/mol. The summed E-state index contributed by atoms with van der Waals surface area (Å²) in [6, 6.07) is 7.98. The lowest BCUT2D eigenvalue weighted by Gasteiger charge is -2.29. The molecule has 2 rings (SSSR count). The highest BCUT2D eigenvalue weighted by Gasteiger charge is 2.22. The monoisotopic (exact) mass is 301 g/mol. The molecule has 2 atom stereocenters. The number of amides is 1. The van der Waals surface area contributed by atoms with E-state index >= 15 is 0 Å². The quantitative estimate of drug-likeness (QED) is 0.810. The van der Waals surface area contributed by atoms with Crippen LogP contribution < -0.4 is 5.32 Å². The van der Waals surface area contributed by atoms with Crippen LogP contribution in [-0.2, 0) is 11.2 Å². The van der Waals surface area contributed by atoms with Gasteiger partial charge in [-0.3, -0.25) is 9.59 Å². The highest BCUT2D eigenvalue weighted by Crippen LogP contribution is 2.23. The lowest BCUT2D eigenvalue weighted by Crippen LogP contribution is -2.41. The molecule has 1 N–H and O–H groups in total. The maximum atomic E-state index is 12.1. The minimum Gasteiger partial charge on any atom is -0.353 e. The summed E-state index contributed by atoms with van der Waals surface area (Å²) in [6.45, 7) is 4.29. The van der Waals surface area contributed by atoms with Crippen molar-refractivity contribution < 1.29 is 9.59 Å². The number of hydrogen-bond donors (Lipinski definition) is 1. The van der Waals surface area contributed by atoms with Crippen LogP contribution in [0.5, 0.6) is 0 Å². The fourth-order valence-corrected chi connectivity index (χ4v) is 3.11. The molecule has 120 valence electrons. The molecule has 0 aliphatic heterocycles. The van der Waals surface area contributed by atoms with Crippen molar-refractivity contribution in [2.75, 3.05) is 0 Å². The molecule has 2 unspecified atom stereocenters. The first-order valence-electron chi connectivity index (χ1n) is 8.51. The zero-order chi connectivity index (χ0) is 15.9. The first kappa shape index (κ1) is 16.7. The van der Waals surface area contributed by atoms with E-state index in [0.717, 1.165) is 12.8 Å². The van der Waals surface area contributed by atoms with E-state index in [1.54, 1.807) is 0 Å². The van der Waals surface area contributed by atoms with E-state index in [1.807, 2.05) is 24.3 Å². The van der Waals surface area contributed by atoms with Crippen LogP contribution in [0.2, 0.25) is 0 Å². The van der Waals surface area contributed by atoms with E-state index < -0.39 is 0 Å². The standard InChI is InChI=1S/C19H27NO2/c1-3-15-8-10-16(11-9-15)18(21)12-13-19(22)20-17-7-5-4-6-14(17)2/h8-11,14,17H,3-7,12-13H2,1-2H3,(H,20,22). The zero-order valence-corrected chi connectivity index (χ0v) is 13.7. The molecule has 1 aliphatic carbocycles. The number of ketones is 1. The number of benzene rings is 1. The van der Waals surface area contributed by atoms with Gasteiger partial charge < -0.3 is 5.32 Å². The maximum absolute atomic E-state index is 12.1. The number of Topliss-reactive ketones (excluding diaryl/α,β-unsaturated/α-hetero) is 1. The zero-order valence-electron chi connectivity index (χ0n) is 13.7. The van der Waals surface area contributed by atoms with Gasteiger partial charge in [0.1, 0.15) is 0 Å². The second-order valence-corrected chi connectivity index (χ2v) is 6.41. The second-order valence-electron chi connectivity index (χ2n) is 6.41. The summed E-state index contributed by atoms with van der Waals surface area (Å²) < 4.78 is 0. The highest BCUT2D eigenvalue weighted by atomic mass is 16.2. The highest BCUT2D eigenvalue weighted by molar-refractivity contribution is 5.98. The number of carbonyl (C=O) groups excluding carboxylic acids is 2. The Hall–Kier alpha value is -1.64.